The van der Waals surface area contributed by atoms with Gasteiger partial charge in [-0.15, -0.1) is 0 Å². The van der Waals surface area contributed by atoms with E-state index in [1.807, 2.05) is 0 Å². The predicted octanol–water partition coefficient (Wildman–Crippen LogP) is 4.15. The lowest BCUT2D eigenvalue weighted by Gasteiger charge is -2.19. The van der Waals surface area contributed by atoms with Crippen LogP contribution in [0.1, 0.15) is 48.0 Å². The highest BCUT2D eigenvalue weighted by atomic mass is 19.4. The first-order valence-electron chi connectivity index (χ1n) is 11.1. The molecule has 1 saturated carbocycles. The predicted molar refractivity (Wildman–Crippen MR) is 121 cm³/mol. The van der Waals surface area contributed by atoms with Crippen molar-refractivity contribution in [3.8, 4) is 0 Å². The number of benzene rings is 2. The SMILES string of the molecule is O=C(CCN1C(=O)NC2(CCCC2)C1=O)Nc1cccc(C(=O)Nc2cccc(C(F)(F)F)c2)c1. The van der Waals surface area contributed by atoms with Crippen LogP contribution in [0.4, 0.5) is 29.3 Å². The summed E-state index contributed by atoms with van der Waals surface area (Å²) in [6.45, 7) is -0.0754. The minimum absolute atomic E-state index is 0.0205. The number of carbonyl (C=O) groups is 4. The maximum atomic E-state index is 12.9. The molecular formula is C24H23F3N4O4. The molecule has 0 bridgehead atoms. The third-order valence-electron chi connectivity index (χ3n) is 6.12. The maximum Gasteiger partial charge on any atom is 0.416 e. The van der Waals surface area contributed by atoms with Crippen LogP contribution in [0, 0.1) is 0 Å². The molecule has 5 amide bonds. The van der Waals surface area contributed by atoms with Crippen molar-refractivity contribution in [1.29, 1.82) is 0 Å². The Morgan fingerprint density at radius 2 is 1.63 bits per heavy atom. The zero-order valence-electron chi connectivity index (χ0n) is 18.6. The van der Waals surface area contributed by atoms with Crippen LogP contribution in [0.2, 0.25) is 0 Å². The first-order chi connectivity index (χ1) is 16.6. The Kier molecular flexibility index (Phi) is 6.51. The molecule has 0 unspecified atom stereocenters. The van der Waals surface area contributed by atoms with E-state index < -0.39 is 35.1 Å². The smallest absolute Gasteiger partial charge is 0.326 e. The zero-order chi connectivity index (χ0) is 25.2. The molecule has 11 heteroatoms. The fourth-order valence-corrected chi connectivity index (χ4v) is 4.35. The fraction of sp³-hybridized carbons (Fsp3) is 0.333. The number of alkyl halides is 3. The molecule has 3 N–H and O–H groups in total. The van der Waals surface area contributed by atoms with Crippen molar-refractivity contribution in [2.75, 3.05) is 17.2 Å². The number of imide groups is 1. The molecular weight excluding hydrogens is 465 g/mol. The summed E-state index contributed by atoms with van der Waals surface area (Å²) in [4.78, 5) is 50.9. The van der Waals surface area contributed by atoms with E-state index in [2.05, 4.69) is 16.0 Å². The van der Waals surface area contributed by atoms with E-state index in [-0.39, 0.29) is 35.8 Å². The highest BCUT2D eigenvalue weighted by Gasteiger charge is 2.52. The second-order valence-electron chi connectivity index (χ2n) is 8.59. The second-order valence-corrected chi connectivity index (χ2v) is 8.59. The summed E-state index contributed by atoms with van der Waals surface area (Å²) in [6.07, 6.45) is -1.76. The number of hydrogen-bond acceptors (Lipinski definition) is 4. The van der Waals surface area contributed by atoms with Crippen molar-refractivity contribution in [2.45, 2.75) is 43.8 Å². The lowest BCUT2D eigenvalue weighted by atomic mass is 9.98. The number of hydrogen-bond donors (Lipinski definition) is 3. The summed E-state index contributed by atoms with van der Waals surface area (Å²) >= 11 is 0. The van der Waals surface area contributed by atoms with Gasteiger partial charge in [0.1, 0.15) is 5.54 Å². The highest BCUT2D eigenvalue weighted by Crippen LogP contribution is 2.35. The van der Waals surface area contributed by atoms with Gasteiger partial charge in [0.05, 0.1) is 5.56 Å². The van der Waals surface area contributed by atoms with Gasteiger partial charge in [-0.1, -0.05) is 25.0 Å². The summed E-state index contributed by atoms with van der Waals surface area (Å²) in [7, 11) is 0. The molecule has 1 spiro atoms. The van der Waals surface area contributed by atoms with Crippen LogP contribution in [-0.4, -0.2) is 40.7 Å². The van der Waals surface area contributed by atoms with Crippen LogP contribution in [0.25, 0.3) is 0 Å². The summed E-state index contributed by atoms with van der Waals surface area (Å²) in [5.41, 5.74) is -1.34. The van der Waals surface area contributed by atoms with Crippen LogP contribution in [0.15, 0.2) is 48.5 Å². The van der Waals surface area contributed by atoms with Gasteiger partial charge in [0, 0.05) is 29.9 Å². The second kappa shape index (κ2) is 9.40. The van der Waals surface area contributed by atoms with E-state index in [0.717, 1.165) is 29.9 Å². The standard InChI is InChI=1S/C24H23F3N4O4/c25-24(26,27)16-6-4-8-18(14-16)29-20(33)15-5-3-7-17(13-15)28-19(32)9-12-31-21(34)23(30-22(31)35)10-1-2-11-23/h3-8,13-14H,1-2,9-12H2,(H,28,32)(H,29,33)(H,30,35). The van der Waals surface area contributed by atoms with Gasteiger partial charge in [-0.25, -0.2) is 4.79 Å². The van der Waals surface area contributed by atoms with Crippen molar-refractivity contribution < 1.29 is 32.3 Å². The summed E-state index contributed by atoms with van der Waals surface area (Å²) in [5, 5.41) is 7.77. The molecule has 2 aromatic rings. The quantitative estimate of drug-likeness (QED) is 0.531. The number of urea groups is 1. The Morgan fingerprint density at radius 1 is 0.971 bits per heavy atom. The van der Waals surface area contributed by atoms with Gasteiger partial charge in [0.25, 0.3) is 11.8 Å². The molecule has 0 aromatic heterocycles. The average Bonchev–Trinajstić information content (AvgIpc) is 3.36. The Morgan fingerprint density at radius 3 is 2.31 bits per heavy atom. The molecule has 1 aliphatic heterocycles. The van der Waals surface area contributed by atoms with Gasteiger partial charge in [0.15, 0.2) is 0 Å². The number of nitrogens with zero attached hydrogens (tertiary/aromatic N) is 1. The minimum Gasteiger partial charge on any atom is -0.326 e. The topological polar surface area (TPSA) is 108 Å². The molecule has 2 fully saturated rings. The Bertz CT molecular complexity index is 1180. The first kappa shape index (κ1) is 24.2. The van der Waals surface area contributed by atoms with Crippen LogP contribution in [-0.2, 0) is 15.8 Å². The molecule has 184 valence electrons. The normalized spacial score (nSPS) is 16.9. The first-order valence-corrected chi connectivity index (χ1v) is 11.1. The molecule has 1 heterocycles. The van der Waals surface area contributed by atoms with Gasteiger partial charge < -0.3 is 16.0 Å². The zero-order valence-corrected chi connectivity index (χ0v) is 18.6. The highest BCUT2D eigenvalue weighted by molar-refractivity contribution is 6.08. The largest absolute Gasteiger partial charge is 0.416 e. The van der Waals surface area contributed by atoms with E-state index in [0.29, 0.717) is 12.8 Å². The monoisotopic (exact) mass is 488 g/mol. The van der Waals surface area contributed by atoms with E-state index in [1.165, 1.54) is 30.3 Å². The molecule has 1 saturated heterocycles. The van der Waals surface area contributed by atoms with Crippen LogP contribution >= 0.6 is 0 Å². The lowest BCUT2D eigenvalue weighted by Crippen LogP contribution is -2.44. The Hall–Kier alpha value is -3.89. The number of halogens is 3. The number of rotatable bonds is 6. The molecule has 8 nitrogen and oxygen atoms in total. The van der Waals surface area contributed by atoms with Gasteiger partial charge in [-0.3, -0.25) is 19.3 Å². The molecule has 0 radical (unpaired) electrons. The number of nitrogens with one attached hydrogen (secondary N) is 3. The van der Waals surface area contributed by atoms with Crippen molar-refractivity contribution in [3.05, 3.63) is 59.7 Å². The third kappa shape index (κ3) is 5.28. The lowest BCUT2D eigenvalue weighted by molar-refractivity contribution is -0.137. The van der Waals surface area contributed by atoms with E-state index >= 15 is 0 Å². The van der Waals surface area contributed by atoms with Crippen molar-refractivity contribution in [1.82, 2.24) is 10.2 Å². The number of carbonyl (C=O) groups excluding carboxylic acids is 4. The molecule has 1 aliphatic carbocycles. The van der Waals surface area contributed by atoms with E-state index in [4.69, 9.17) is 0 Å². The number of anilines is 2. The maximum absolute atomic E-state index is 12.9. The van der Waals surface area contributed by atoms with Gasteiger partial charge in [0.2, 0.25) is 5.91 Å². The molecule has 0 atom stereocenters. The van der Waals surface area contributed by atoms with Gasteiger partial charge in [-0.05, 0) is 49.2 Å². The molecule has 35 heavy (non-hydrogen) atoms. The van der Waals surface area contributed by atoms with E-state index in [1.54, 1.807) is 6.07 Å². The Balaban J connectivity index is 1.34. The summed E-state index contributed by atoms with van der Waals surface area (Å²) in [6, 6.07) is 9.64. The van der Waals surface area contributed by atoms with E-state index in [9.17, 15) is 32.3 Å². The molecule has 2 aromatic carbocycles. The van der Waals surface area contributed by atoms with Gasteiger partial charge in [-0.2, -0.15) is 13.2 Å². The van der Waals surface area contributed by atoms with Crippen molar-refractivity contribution >= 4 is 35.1 Å². The number of amides is 5. The molecule has 4 rings (SSSR count). The minimum atomic E-state index is -4.54. The Labute approximate surface area is 198 Å². The molecule has 2 aliphatic rings. The average molecular weight is 488 g/mol. The van der Waals surface area contributed by atoms with Crippen molar-refractivity contribution in [2.24, 2.45) is 0 Å². The summed E-state index contributed by atoms with van der Waals surface area (Å²) < 4.78 is 38.7. The van der Waals surface area contributed by atoms with Crippen LogP contribution < -0.4 is 16.0 Å². The third-order valence-corrected chi connectivity index (χ3v) is 6.12. The van der Waals surface area contributed by atoms with Crippen molar-refractivity contribution in [3.63, 3.8) is 0 Å². The van der Waals surface area contributed by atoms with Gasteiger partial charge >= 0.3 is 12.2 Å². The van der Waals surface area contributed by atoms with Crippen LogP contribution in [0.3, 0.4) is 0 Å². The summed E-state index contributed by atoms with van der Waals surface area (Å²) in [5.74, 6) is -1.42. The van der Waals surface area contributed by atoms with Crippen LogP contribution in [0.5, 0.6) is 0 Å². The fourth-order valence-electron chi connectivity index (χ4n) is 4.35.